The van der Waals surface area contributed by atoms with Crippen molar-refractivity contribution in [3.8, 4) is 0 Å². The highest BCUT2D eigenvalue weighted by atomic mass is 19.2. The molecule has 8 heteroatoms. The molecular formula is C25H21F2N5O. The fourth-order valence-corrected chi connectivity index (χ4v) is 3.11. The van der Waals surface area contributed by atoms with E-state index in [1.54, 1.807) is 30.3 Å². The van der Waals surface area contributed by atoms with E-state index < -0.39 is 17.5 Å². The fourth-order valence-electron chi connectivity index (χ4n) is 3.11. The Balaban J connectivity index is 1.43. The summed E-state index contributed by atoms with van der Waals surface area (Å²) < 4.78 is 26.4. The highest BCUT2D eigenvalue weighted by Crippen LogP contribution is 2.22. The summed E-state index contributed by atoms with van der Waals surface area (Å²) in [6.07, 6.45) is 0. The summed E-state index contributed by atoms with van der Waals surface area (Å²) in [5, 5.41) is 9.13. The number of carbonyl (C=O) groups excluding carboxylic acids is 1. The van der Waals surface area contributed by atoms with Gasteiger partial charge in [0.15, 0.2) is 11.6 Å². The van der Waals surface area contributed by atoms with Crippen LogP contribution in [0.15, 0.2) is 72.8 Å². The van der Waals surface area contributed by atoms with Crippen LogP contribution in [-0.4, -0.2) is 15.9 Å². The van der Waals surface area contributed by atoms with Gasteiger partial charge in [-0.25, -0.2) is 18.7 Å². The van der Waals surface area contributed by atoms with E-state index in [0.29, 0.717) is 23.1 Å². The molecule has 0 unspecified atom stereocenters. The molecular weight excluding hydrogens is 424 g/mol. The highest BCUT2D eigenvalue weighted by molar-refractivity contribution is 6.04. The fraction of sp³-hybridized carbons (Fsp3) is 0.0800. The number of carbonyl (C=O) groups is 1. The maximum absolute atomic E-state index is 13.4. The second-order valence-electron chi connectivity index (χ2n) is 7.46. The molecule has 3 N–H and O–H groups in total. The number of anilines is 5. The van der Waals surface area contributed by atoms with Crippen molar-refractivity contribution in [2.24, 2.45) is 0 Å². The minimum Gasteiger partial charge on any atom is -0.340 e. The molecule has 1 aromatic heterocycles. The van der Waals surface area contributed by atoms with Crippen molar-refractivity contribution < 1.29 is 13.6 Å². The van der Waals surface area contributed by atoms with E-state index in [-0.39, 0.29) is 5.56 Å². The maximum Gasteiger partial charge on any atom is 0.255 e. The first-order valence-electron chi connectivity index (χ1n) is 10.2. The van der Waals surface area contributed by atoms with Gasteiger partial charge in [-0.2, -0.15) is 0 Å². The number of halogens is 2. The van der Waals surface area contributed by atoms with Gasteiger partial charge in [0.2, 0.25) is 0 Å². The van der Waals surface area contributed by atoms with E-state index in [1.807, 2.05) is 38.1 Å². The quantitative estimate of drug-likeness (QED) is 0.334. The second kappa shape index (κ2) is 9.44. The van der Waals surface area contributed by atoms with Crippen LogP contribution in [-0.2, 0) is 0 Å². The Morgan fingerprint density at radius 3 is 1.82 bits per heavy atom. The summed E-state index contributed by atoms with van der Waals surface area (Å²) >= 11 is 0. The van der Waals surface area contributed by atoms with Crippen LogP contribution in [0.2, 0.25) is 0 Å². The Bertz CT molecular complexity index is 1290. The third-order valence-corrected chi connectivity index (χ3v) is 4.76. The molecule has 3 aromatic carbocycles. The zero-order valence-electron chi connectivity index (χ0n) is 18.0. The predicted molar refractivity (Wildman–Crippen MR) is 125 cm³/mol. The number of amides is 1. The summed E-state index contributed by atoms with van der Waals surface area (Å²) in [5.74, 6) is -0.740. The monoisotopic (exact) mass is 445 g/mol. The summed E-state index contributed by atoms with van der Waals surface area (Å²) in [5.41, 5.74) is 3.38. The average molecular weight is 445 g/mol. The minimum atomic E-state index is -1.07. The molecule has 0 fully saturated rings. The average Bonchev–Trinajstić information content (AvgIpc) is 2.78. The molecule has 0 saturated carbocycles. The Labute approximate surface area is 189 Å². The Hall–Kier alpha value is -4.33. The second-order valence-corrected chi connectivity index (χ2v) is 7.46. The Morgan fingerprint density at radius 2 is 1.24 bits per heavy atom. The number of hydrogen-bond donors (Lipinski definition) is 3. The molecule has 0 atom stereocenters. The Kier molecular flexibility index (Phi) is 6.26. The molecule has 0 bridgehead atoms. The molecule has 1 amide bonds. The molecule has 0 aliphatic heterocycles. The van der Waals surface area contributed by atoms with Crippen molar-refractivity contribution in [1.29, 1.82) is 0 Å². The van der Waals surface area contributed by atoms with Crippen LogP contribution in [0.3, 0.4) is 0 Å². The molecule has 4 rings (SSSR count). The minimum absolute atomic E-state index is 0.0289. The van der Waals surface area contributed by atoms with Gasteiger partial charge in [-0.05, 0) is 68.4 Å². The van der Waals surface area contributed by atoms with Gasteiger partial charge in [-0.3, -0.25) is 4.79 Å². The topological polar surface area (TPSA) is 78.9 Å². The van der Waals surface area contributed by atoms with Crippen LogP contribution in [0.1, 0.15) is 21.7 Å². The first-order valence-corrected chi connectivity index (χ1v) is 10.2. The van der Waals surface area contributed by atoms with E-state index in [1.165, 1.54) is 11.6 Å². The largest absolute Gasteiger partial charge is 0.340 e. The van der Waals surface area contributed by atoms with Gasteiger partial charge in [-0.1, -0.05) is 17.7 Å². The molecule has 0 saturated heterocycles. The standard InChI is InChI=1S/C25H21F2N5O/c1-15-3-6-18(7-4-15)30-23-14-24(29-16(2)28-23)31-19-8-10-20(11-9-19)32-25(33)17-5-12-21(26)22(27)13-17/h3-14H,1-2H3,(H,32,33)(H2,28,29,30,31). The number of aromatic nitrogens is 2. The van der Waals surface area contributed by atoms with Gasteiger partial charge < -0.3 is 16.0 Å². The third kappa shape index (κ3) is 5.68. The predicted octanol–water partition coefficient (Wildman–Crippen LogP) is 6.11. The number of benzene rings is 3. The van der Waals surface area contributed by atoms with Crippen molar-refractivity contribution in [2.75, 3.05) is 16.0 Å². The van der Waals surface area contributed by atoms with Crippen molar-refractivity contribution >= 4 is 34.6 Å². The van der Waals surface area contributed by atoms with Crippen LogP contribution in [0.4, 0.5) is 37.5 Å². The number of rotatable bonds is 6. The number of hydrogen-bond acceptors (Lipinski definition) is 5. The zero-order valence-corrected chi connectivity index (χ0v) is 18.0. The number of nitrogens with zero attached hydrogens (tertiary/aromatic N) is 2. The van der Waals surface area contributed by atoms with Gasteiger partial charge in [0.05, 0.1) is 0 Å². The van der Waals surface area contributed by atoms with Crippen LogP contribution in [0, 0.1) is 25.5 Å². The molecule has 6 nitrogen and oxygen atoms in total. The van der Waals surface area contributed by atoms with E-state index in [9.17, 15) is 13.6 Å². The van der Waals surface area contributed by atoms with Crippen molar-refractivity contribution in [1.82, 2.24) is 9.97 Å². The smallest absolute Gasteiger partial charge is 0.255 e. The first kappa shape index (κ1) is 21.9. The normalized spacial score (nSPS) is 10.5. The van der Waals surface area contributed by atoms with Crippen molar-refractivity contribution in [2.45, 2.75) is 13.8 Å². The van der Waals surface area contributed by atoms with Gasteiger partial charge in [-0.15, -0.1) is 0 Å². The molecule has 4 aromatic rings. The van der Waals surface area contributed by atoms with Crippen LogP contribution >= 0.6 is 0 Å². The van der Waals surface area contributed by atoms with E-state index in [0.717, 1.165) is 23.5 Å². The van der Waals surface area contributed by atoms with Crippen molar-refractivity contribution in [3.05, 3.63) is 101 Å². The summed E-state index contributed by atoms with van der Waals surface area (Å²) in [7, 11) is 0. The summed E-state index contributed by atoms with van der Waals surface area (Å²) in [6.45, 7) is 3.84. The molecule has 0 aliphatic carbocycles. The lowest BCUT2D eigenvalue weighted by molar-refractivity contribution is 0.102. The van der Waals surface area contributed by atoms with Gasteiger partial charge >= 0.3 is 0 Å². The SMILES string of the molecule is Cc1ccc(Nc2cc(Nc3ccc(NC(=O)c4ccc(F)c(F)c4)cc3)nc(C)n2)cc1. The molecule has 0 aliphatic rings. The molecule has 33 heavy (non-hydrogen) atoms. The third-order valence-electron chi connectivity index (χ3n) is 4.76. The maximum atomic E-state index is 13.4. The molecule has 1 heterocycles. The first-order chi connectivity index (χ1) is 15.9. The molecule has 0 radical (unpaired) electrons. The lowest BCUT2D eigenvalue weighted by atomic mass is 10.2. The zero-order chi connectivity index (χ0) is 23.4. The molecule has 0 spiro atoms. The van der Waals surface area contributed by atoms with Crippen LogP contribution < -0.4 is 16.0 Å². The molecule has 166 valence electrons. The van der Waals surface area contributed by atoms with E-state index in [2.05, 4.69) is 25.9 Å². The highest BCUT2D eigenvalue weighted by Gasteiger charge is 2.10. The Morgan fingerprint density at radius 1 is 0.697 bits per heavy atom. The van der Waals surface area contributed by atoms with Crippen LogP contribution in [0.5, 0.6) is 0 Å². The summed E-state index contributed by atoms with van der Waals surface area (Å²) in [4.78, 5) is 21.1. The van der Waals surface area contributed by atoms with Gasteiger partial charge in [0.25, 0.3) is 5.91 Å². The number of aryl methyl sites for hydroxylation is 2. The van der Waals surface area contributed by atoms with Gasteiger partial charge in [0.1, 0.15) is 17.5 Å². The van der Waals surface area contributed by atoms with E-state index >= 15 is 0 Å². The number of nitrogens with one attached hydrogen (secondary N) is 3. The van der Waals surface area contributed by atoms with Crippen LogP contribution in [0.25, 0.3) is 0 Å². The van der Waals surface area contributed by atoms with E-state index in [4.69, 9.17) is 0 Å². The van der Waals surface area contributed by atoms with Gasteiger partial charge in [0, 0.05) is 28.7 Å². The van der Waals surface area contributed by atoms with Crippen molar-refractivity contribution in [3.63, 3.8) is 0 Å². The lowest BCUT2D eigenvalue weighted by Crippen LogP contribution is -2.12. The lowest BCUT2D eigenvalue weighted by Gasteiger charge is -2.11. The summed E-state index contributed by atoms with van der Waals surface area (Å²) in [6, 6.07) is 19.7.